The first kappa shape index (κ1) is 22.7. The van der Waals surface area contributed by atoms with Crippen LogP contribution in [0.15, 0.2) is 60.2 Å². The fourth-order valence-electron chi connectivity index (χ4n) is 4.15. The molecule has 2 aromatic carbocycles. The van der Waals surface area contributed by atoms with Crippen LogP contribution in [-0.2, 0) is 9.59 Å². The first-order chi connectivity index (χ1) is 15.7. The second-order valence-corrected chi connectivity index (χ2v) is 9.09. The standard InChI is InChI=1S/C27H27N3O2S/c1-16(2)20-9-11-22(12-10-20)30-26(32)24(25(31)28-27(30)33)15-21-14-18(4)29(19(21)5)23-8-6-7-17(3)13-23/h6-16H,1-5H3,(H,28,31,33)/b24-15+. The number of hydrogen-bond donors (Lipinski definition) is 1. The molecule has 0 unspecified atom stereocenters. The third kappa shape index (κ3) is 4.26. The van der Waals surface area contributed by atoms with E-state index in [0.717, 1.165) is 33.8 Å². The zero-order valence-corrected chi connectivity index (χ0v) is 20.3. The second kappa shape index (κ2) is 8.79. The molecule has 0 saturated carbocycles. The van der Waals surface area contributed by atoms with Gasteiger partial charge in [-0.05, 0) is 92.0 Å². The van der Waals surface area contributed by atoms with Crippen LogP contribution < -0.4 is 10.2 Å². The van der Waals surface area contributed by atoms with Gasteiger partial charge in [-0.25, -0.2) is 0 Å². The van der Waals surface area contributed by atoms with Gasteiger partial charge in [0.05, 0.1) is 5.69 Å². The van der Waals surface area contributed by atoms with Gasteiger partial charge in [-0.2, -0.15) is 0 Å². The Morgan fingerprint density at radius 2 is 1.64 bits per heavy atom. The van der Waals surface area contributed by atoms with Gasteiger partial charge in [-0.15, -0.1) is 0 Å². The van der Waals surface area contributed by atoms with Gasteiger partial charge in [0.1, 0.15) is 5.57 Å². The molecule has 0 atom stereocenters. The van der Waals surface area contributed by atoms with Crippen molar-refractivity contribution in [3.63, 3.8) is 0 Å². The molecule has 6 heteroatoms. The van der Waals surface area contributed by atoms with Gasteiger partial charge in [0.25, 0.3) is 11.8 Å². The highest BCUT2D eigenvalue weighted by atomic mass is 32.1. The van der Waals surface area contributed by atoms with Crippen LogP contribution >= 0.6 is 12.2 Å². The number of nitrogens with zero attached hydrogens (tertiary/aromatic N) is 2. The van der Waals surface area contributed by atoms with Gasteiger partial charge >= 0.3 is 0 Å². The van der Waals surface area contributed by atoms with Gasteiger partial charge in [-0.1, -0.05) is 38.1 Å². The summed E-state index contributed by atoms with van der Waals surface area (Å²) in [6, 6.07) is 17.9. The lowest BCUT2D eigenvalue weighted by molar-refractivity contribution is -0.122. The van der Waals surface area contributed by atoms with Crippen molar-refractivity contribution in [3.8, 4) is 5.69 Å². The summed E-state index contributed by atoms with van der Waals surface area (Å²) in [6.45, 7) is 10.3. The molecule has 168 valence electrons. The lowest BCUT2D eigenvalue weighted by Crippen LogP contribution is -2.54. The molecule has 0 bridgehead atoms. The molecule has 0 aliphatic carbocycles. The van der Waals surface area contributed by atoms with E-state index < -0.39 is 11.8 Å². The second-order valence-electron chi connectivity index (χ2n) is 8.70. The highest BCUT2D eigenvalue weighted by Gasteiger charge is 2.34. The van der Waals surface area contributed by atoms with Crippen molar-refractivity contribution in [1.82, 2.24) is 9.88 Å². The summed E-state index contributed by atoms with van der Waals surface area (Å²) in [5, 5.41) is 2.76. The predicted molar refractivity (Wildman–Crippen MR) is 137 cm³/mol. The molecule has 5 nitrogen and oxygen atoms in total. The number of aromatic nitrogens is 1. The molecule has 3 aromatic rings. The summed E-state index contributed by atoms with van der Waals surface area (Å²) in [7, 11) is 0. The third-order valence-electron chi connectivity index (χ3n) is 5.95. The molecule has 0 radical (unpaired) electrons. The van der Waals surface area contributed by atoms with Crippen molar-refractivity contribution in [2.24, 2.45) is 0 Å². The summed E-state index contributed by atoms with van der Waals surface area (Å²) < 4.78 is 2.12. The zero-order valence-electron chi connectivity index (χ0n) is 19.5. The quantitative estimate of drug-likeness (QED) is 0.326. The molecule has 1 saturated heterocycles. The smallest absolute Gasteiger partial charge is 0.270 e. The van der Waals surface area contributed by atoms with E-state index in [1.54, 1.807) is 6.08 Å². The van der Waals surface area contributed by atoms with E-state index in [9.17, 15) is 9.59 Å². The third-order valence-corrected chi connectivity index (χ3v) is 6.23. The first-order valence-electron chi connectivity index (χ1n) is 10.9. The van der Waals surface area contributed by atoms with Crippen molar-refractivity contribution in [3.05, 3.63) is 88.2 Å². The predicted octanol–water partition coefficient (Wildman–Crippen LogP) is 5.36. The van der Waals surface area contributed by atoms with Gasteiger partial charge < -0.3 is 4.57 Å². The van der Waals surface area contributed by atoms with E-state index >= 15 is 0 Å². The maximum Gasteiger partial charge on any atom is 0.270 e. The zero-order chi connectivity index (χ0) is 23.9. The van der Waals surface area contributed by atoms with Crippen LogP contribution in [0, 0.1) is 20.8 Å². The number of anilines is 1. The fraction of sp³-hybridized carbons (Fsp3) is 0.222. The van der Waals surface area contributed by atoms with E-state index in [1.165, 1.54) is 4.90 Å². The maximum atomic E-state index is 13.4. The lowest BCUT2D eigenvalue weighted by atomic mass is 10.0. The summed E-state index contributed by atoms with van der Waals surface area (Å²) in [4.78, 5) is 27.5. The van der Waals surface area contributed by atoms with Gasteiger partial charge in [0.2, 0.25) is 0 Å². The van der Waals surface area contributed by atoms with Crippen LogP contribution in [0.5, 0.6) is 0 Å². The Kier molecular flexibility index (Phi) is 6.04. The largest absolute Gasteiger partial charge is 0.318 e. The Bertz CT molecular complexity index is 1300. The Hall–Kier alpha value is -3.51. The molecule has 2 heterocycles. The topological polar surface area (TPSA) is 54.3 Å². The van der Waals surface area contributed by atoms with Gasteiger partial charge in [0, 0.05) is 17.1 Å². The number of carbonyl (C=O) groups is 2. The van der Waals surface area contributed by atoms with E-state index in [1.807, 2.05) is 56.3 Å². The van der Waals surface area contributed by atoms with Crippen LogP contribution in [0.2, 0.25) is 0 Å². The number of hydrogen-bond acceptors (Lipinski definition) is 3. The van der Waals surface area contributed by atoms with Crippen LogP contribution in [0.3, 0.4) is 0 Å². The summed E-state index contributed by atoms with van der Waals surface area (Å²) >= 11 is 5.33. The molecule has 4 rings (SSSR count). The summed E-state index contributed by atoms with van der Waals surface area (Å²) in [5.41, 5.74) is 6.84. The number of nitrogens with one attached hydrogen (secondary N) is 1. The molecule has 1 fully saturated rings. The molecule has 2 amide bonds. The number of thiocarbonyl (C=S) groups is 1. The molecular formula is C27H27N3O2S. The fourth-order valence-corrected chi connectivity index (χ4v) is 4.43. The van der Waals surface area contributed by atoms with Crippen molar-refractivity contribution in [2.45, 2.75) is 40.5 Å². The van der Waals surface area contributed by atoms with Gasteiger partial charge in [0.15, 0.2) is 5.11 Å². The van der Waals surface area contributed by atoms with Crippen molar-refractivity contribution in [2.75, 3.05) is 4.90 Å². The number of benzene rings is 2. The van der Waals surface area contributed by atoms with Crippen molar-refractivity contribution < 1.29 is 9.59 Å². The number of aryl methyl sites for hydroxylation is 2. The minimum atomic E-state index is -0.486. The number of rotatable bonds is 4. The van der Waals surface area contributed by atoms with E-state index in [4.69, 9.17) is 12.2 Å². The first-order valence-corrected chi connectivity index (χ1v) is 11.4. The minimum absolute atomic E-state index is 0.0565. The average Bonchev–Trinajstić information content (AvgIpc) is 3.04. The molecule has 1 aliphatic rings. The van der Waals surface area contributed by atoms with Crippen molar-refractivity contribution in [1.29, 1.82) is 0 Å². The average molecular weight is 458 g/mol. The molecule has 1 N–H and O–H groups in total. The summed E-state index contributed by atoms with van der Waals surface area (Å²) in [5.74, 6) is -0.538. The molecule has 1 aromatic heterocycles. The van der Waals surface area contributed by atoms with Crippen molar-refractivity contribution >= 4 is 40.9 Å². The Balaban J connectivity index is 1.73. The molecular weight excluding hydrogens is 430 g/mol. The Labute approximate surface area is 199 Å². The van der Waals surface area contributed by atoms with E-state index in [2.05, 4.69) is 42.8 Å². The molecule has 33 heavy (non-hydrogen) atoms. The van der Waals surface area contributed by atoms with Gasteiger partial charge in [-0.3, -0.25) is 19.8 Å². The van der Waals surface area contributed by atoms with E-state index in [0.29, 0.717) is 11.6 Å². The normalized spacial score (nSPS) is 15.5. The Morgan fingerprint density at radius 1 is 0.939 bits per heavy atom. The number of amides is 2. The maximum absolute atomic E-state index is 13.4. The van der Waals surface area contributed by atoms with Crippen LogP contribution in [0.4, 0.5) is 5.69 Å². The van der Waals surface area contributed by atoms with E-state index in [-0.39, 0.29) is 10.7 Å². The number of carbonyl (C=O) groups excluding carboxylic acids is 2. The summed E-state index contributed by atoms with van der Waals surface area (Å²) in [6.07, 6.45) is 1.66. The minimum Gasteiger partial charge on any atom is -0.318 e. The Morgan fingerprint density at radius 3 is 2.27 bits per heavy atom. The lowest BCUT2D eigenvalue weighted by Gasteiger charge is -2.29. The molecule has 1 aliphatic heterocycles. The van der Waals surface area contributed by atoms with Crippen LogP contribution in [0.1, 0.15) is 47.8 Å². The van der Waals surface area contributed by atoms with Crippen LogP contribution in [-0.4, -0.2) is 21.5 Å². The molecule has 0 spiro atoms. The highest BCUT2D eigenvalue weighted by molar-refractivity contribution is 7.80. The van der Waals surface area contributed by atoms with Crippen LogP contribution in [0.25, 0.3) is 11.8 Å². The highest BCUT2D eigenvalue weighted by Crippen LogP contribution is 2.27. The SMILES string of the molecule is Cc1cccc(-n2c(C)cc(/C=C3\C(=O)NC(=S)N(c4ccc(C(C)C)cc4)C3=O)c2C)c1. The monoisotopic (exact) mass is 457 g/mol.